The third-order valence-corrected chi connectivity index (χ3v) is 5.29. The first kappa shape index (κ1) is 22.7. The third-order valence-electron chi connectivity index (χ3n) is 5.29. The molecule has 0 radical (unpaired) electrons. The average molecular weight is 430 g/mol. The smallest absolute Gasteiger partial charge is 0.273 e. The number of aryl methyl sites for hydroxylation is 1. The molecule has 1 saturated heterocycles. The zero-order valence-electron chi connectivity index (χ0n) is 18.3. The number of H-pyrrole nitrogens is 1. The van der Waals surface area contributed by atoms with Crippen molar-refractivity contribution in [2.75, 3.05) is 39.9 Å². The zero-order chi connectivity index (χ0) is 22.1. The second kappa shape index (κ2) is 11.5. The predicted octanol–water partition coefficient (Wildman–Crippen LogP) is 1.77. The van der Waals surface area contributed by atoms with Crippen LogP contribution in [0.3, 0.4) is 0 Å². The van der Waals surface area contributed by atoms with E-state index in [-0.39, 0.29) is 30.0 Å². The van der Waals surface area contributed by atoms with Gasteiger partial charge in [0, 0.05) is 31.5 Å². The van der Waals surface area contributed by atoms with Gasteiger partial charge in [-0.2, -0.15) is 0 Å². The zero-order valence-corrected chi connectivity index (χ0v) is 18.3. The minimum atomic E-state index is -0.348. The van der Waals surface area contributed by atoms with Crippen molar-refractivity contribution in [1.82, 2.24) is 25.4 Å². The second-order valence-corrected chi connectivity index (χ2v) is 7.50. The molecule has 1 aliphatic rings. The van der Waals surface area contributed by atoms with E-state index in [9.17, 15) is 9.59 Å². The Morgan fingerprint density at radius 3 is 2.71 bits per heavy atom. The Bertz CT molecular complexity index is 924. The van der Waals surface area contributed by atoms with Crippen LogP contribution in [0, 0.1) is 0 Å². The van der Waals surface area contributed by atoms with Gasteiger partial charge in [-0.3, -0.25) is 9.59 Å². The van der Waals surface area contributed by atoms with Crippen molar-refractivity contribution in [2.45, 2.75) is 39.0 Å². The molecular weight excluding hydrogens is 398 g/mol. The summed E-state index contributed by atoms with van der Waals surface area (Å²) in [5.74, 6) is 1.42. The molecule has 2 aromatic rings. The van der Waals surface area contributed by atoms with E-state index in [0.717, 1.165) is 19.6 Å². The molecule has 9 nitrogen and oxygen atoms in total. The third kappa shape index (κ3) is 6.52. The summed E-state index contributed by atoms with van der Waals surface area (Å²) in [6.07, 6.45) is 4.20. The molecule has 0 spiro atoms. The van der Waals surface area contributed by atoms with Gasteiger partial charge in [0.15, 0.2) is 17.3 Å². The molecule has 168 valence electrons. The normalized spacial score (nSPS) is 14.3. The number of amides is 1. The quantitative estimate of drug-likeness (QED) is 0.592. The Morgan fingerprint density at radius 2 is 2.00 bits per heavy atom. The number of nitrogens with one attached hydrogen (secondary N) is 2. The summed E-state index contributed by atoms with van der Waals surface area (Å²) in [5, 5.41) is 11.1. The standard InChI is InChI=1S/C22H31N5O4/c1-3-31-18-9-7-16(15-19(18)30-2)21-24-22(29)17(25-26-21)8-10-20(28)23-11-14-27-12-5-4-6-13-27/h7,9,15H,3-6,8,10-14H2,1-2H3,(H,23,28)(H,24,26,29). The summed E-state index contributed by atoms with van der Waals surface area (Å²) in [6.45, 7) is 6.11. The van der Waals surface area contributed by atoms with E-state index in [1.807, 2.05) is 6.92 Å². The molecule has 31 heavy (non-hydrogen) atoms. The van der Waals surface area contributed by atoms with Gasteiger partial charge in [0.05, 0.1) is 13.7 Å². The van der Waals surface area contributed by atoms with Crippen LogP contribution in [-0.4, -0.2) is 65.9 Å². The Hall–Kier alpha value is -2.94. The summed E-state index contributed by atoms with van der Waals surface area (Å²) in [4.78, 5) is 29.6. The van der Waals surface area contributed by atoms with Crippen molar-refractivity contribution in [2.24, 2.45) is 0 Å². The molecular formula is C22H31N5O4. The first-order chi connectivity index (χ1) is 15.1. The summed E-state index contributed by atoms with van der Waals surface area (Å²) < 4.78 is 10.8. The molecule has 9 heteroatoms. The Labute approximate surface area is 182 Å². The Morgan fingerprint density at radius 1 is 1.19 bits per heavy atom. The van der Waals surface area contributed by atoms with E-state index in [4.69, 9.17) is 9.47 Å². The van der Waals surface area contributed by atoms with Gasteiger partial charge in [0.1, 0.15) is 5.69 Å². The van der Waals surface area contributed by atoms with E-state index in [0.29, 0.717) is 36.0 Å². The maximum atomic E-state index is 12.4. The SMILES string of the molecule is CCOc1ccc(-c2nnc(CCC(=O)NCCN3CCCCC3)c(=O)[nH]2)cc1OC. The van der Waals surface area contributed by atoms with Gasteiger partial charge in [-0.05, 0) is 51.1 Å². The average Bonchev–Trinajstić information content (AvgIpc) is 2.79. The molecule has 2 heterocycles. The van der Waals surface area contributed by atoms with Crippen LogP contribution in [0.15, 0.2) is 23.0 Å². The number of hydrogen-bond acceptors (Lipinski definition) is 7. The number of carbonyl (C=O) groups excluding carboxylic acids is 1. The monoisotopic (exact) mass is 429 g/mol. The Balaban J connectivity index is 1.53. The molecule has 2 N–H and O–H groups in total. The number of likely N-dealkylation sites (tertiary alicyclic amines) is 1. The van der Waals surface area contributed by atoms with Gasteiger partial charge in [-0.15, -0.1) is 10.2 Å². The molecule has 1 amide bonds. The number of methoxy groups -OCH3 is 1. The molecule has 0 saturated carbocycles. The summed E-state index contributed by atoms with van der Waals surface area (Å²) in [7, 11) is 1.55. The first-order valence-electron chi connectivity index (χ1n) is 10.9. The largest absolute Gasteiger partial charge is 0.493 e. The number of carbonyl (C=O) groups is 1. The molecule has 1 aromatic carbocycles. The molecule has 0 aliphatic carbocycles. The summed E-state index contributed by atoms with van der Waals surface area (Å²) in [6, 6.07) is 5.28. The van der Waals surface area contributed by atoms with Crippen molar-refractivity contribution in [3.05, 3.63) is 34.2 Å². The van der Waals surface area contributed by atoms with Gasteiger partial charge in [0.2, 0.25) is 5.91 Å². The number of ether oxygens (including phenoxy) is 2. The van der Waals surface area contributed by atoms with Crippen molar-refractivity contribution in [3.8, 4) is 22.9 Å². The summed E-state index contributed by atoms with van der Waals surface area (Å²) >= 11 is 0. The van der Waals surface area contributed by atoms with Gasteiger partial charge in [0.25, 0.3) is 5.56 Å². The van der Waals surface area contributed by atoms with E-state index >= 15 is 0 Å². The fourth-order valence-corrected chi connectivity index (χ4v) is 3.60. The number of benzene rings is 1. The van der Waals surface area contributed by atoms with Gasteiger partial charge >= 0.3 is 0 Å². The van der Waals surface area contributed by atoms with Gasteiger partial charge < -0.3 is 24.7 Å². The lowest BCUT2D eigenvalue weighted by atomic mass is 10.1. The van der Waals surface area contributed by atoms with Crippen LogP contribution in [0.5, 0.6) is 11.5 Å². The van der Waals surface area contributed by atoms with Crippen LogP contribution in [0.1, 0.15) is 38.3 Å². The van der Waals surface area contributed by atoms with E-state index in [1.54, 1.807) is 25.3 Å². The van der Waals surface area contributed by atoms with Crippen LogP contribution in [0.4, 0.5) is 0 Å². The minimum absolute atomic E-state index is 0.0847. The van der Waals surface area contributed by atoms with Crippen LogP contribution in [0.2, 0.25) is 0 Å². The lowest BCUT2D eigenvalue weighted by molar-refractivity contribution is -0.121. The molecule has 0 atom stereocenters. The molecule has 1 aromatic heterocycles. The van der Waals surface area contributed by atoms with Crippen molar-refractivity contribution < 1.29 is 14.3 Å². The first-order valence-corrected chi connectivity index (χ1v) is 10.9. The van der Waals surface area contributed by atoms with Gasteiger partial charge in [-0.1, -0.05) is 6.42 Å². The summed E-state index contributed by atoms with van der Waals surface area (Å²) in [5.41, 5.74) is 0.554. The number of piperidine rings is 1. The maximum Gasteiger partial charge on any atom is 0.273 e. The molecule has 0 unspecified atom stereocenters. The fraction of sp³-hybridized carbons (Fsp3) is 0.545. The number of rotatable bonds is 10. The van der Waals surface area contributed by atoms with Gasteiger partial charge in [-0.25, -0.2) is 0 Å². The van der Waals surface area contributed by atoms with E-state index in [2.05, 4.69) is 25.4 Å². The van der Waals surface area contributed by atoms with Crippen LogP contribution in [0.25, 0.3) is 11.4 Å². The number of nitrogens with zero attached hydrogens (tertiary/aromatic N) is 3. The minimum Gasteiger partial charge on any atom is -0.493 e. The lowest BCUT2D eigenvalue weighted by Gasteiger charge is -2.26. The number of aromatic amines is 1. The van der Waals surface area contributed by atoms with Crippen LogP contribution < -0.4 is 20.3 Å². The Kier molecular flexibility index (Phi) is 8.40. The van der Waals surface area contributed by atoms with Crippen molar-refractivity contribution >= 4 is 5.91 Å². The van der Waals surface area contributed by atoms with Crippen molar-refractivity contribution in [1.29, 1.82) is 0 Å². The number of hydrogen-bond donors (Lipinski definition) is 2. The van der Waals surface area contributed by atoms with E-state index in [1.165, 1.54) is 19.3 Å². The molecule has 1 fully saturated rings. The topological polar surface area (TPSA) is 109 Å². The maximum absolute atomic E-state index is 12.4. The highest BCUT2D eigenvalue weighted by Gasteiger charge is 2.13. The highest BCUT2D eigenvalue weighted by molar-refractivity contribution is 5.76. The molecule has 0 bridgehead atoms. The lowest BCUT2D eigenvalue weighted by Crippen LogP contribution is -2.37. The fourth-order valence-electron chi connectivity index (χ4n) is 3.60. The van der Waals surface area contributed by atoms with E-state index < -0.39 is 0 Å². The van der Waals surface area contributed by atoms with Crippen LogP contribution in [-0.2, 0) is 11.2 Å². The highest BCUT2D eigenvalue weighted by Crippen LogP contribution is 2.30. The predicted molar refractivity (Wildman–Crippen MR) is 117 cm³/mol. The number of aromatic nitrogens is 3. The highest BCUT2D eigenvalue weighted by atomic mass is 16.5. The van der Waals surface area contributed by atoms with Crippen LogP contribution >= 0.6 is 0 Å². The van der Waals surface area contributed by atoms with Crippen molar-refractivity contribution in [3.63, 3.8) is 0 Å². The molecule has 3 rings (SSSR count). The second-order valence-electron chi connectivity index (χ2n) is 7.50. The molecule has 1 aliphatic heterocycles.